The molecule has 4 nitrogen and oxygen atoms in total. The third-order valence-electron chi connectivity index (χ3n) is 5.55. The lowest BCUT2D eigenvalue weighted by molar-refractivity contribution is -0.135. The van der Waals surface area contributed by atoms with Gasteiger partial charge in [0.15, 0.2) is 0 Å². The lowest BCUT2D eigenvalue weighted by Gasteiger charge is -2.29. The van der Waals surface area contributed by atoms with E-state index in [2.05, 4.69) is 17.4 Å². The molecule has 2 aromatic carbocycles. The van der Waals surface area contributed by atoms with Crippen LogP contribution in [0.25, 0.3) is 0 Å². The maximum absolute atomic E-state index is 12.8. The topological polar surface area (TPSA) is 49.4 Å². The van der Waals surface area contributed by atoms with E-state index in [4.69, 9.17) is 0 Å². The Hall–Kier alpha value is -2.62. The summed E-state index contributed by atoms with van der Waals surface area (Å²) >= 11 is 0. The second-order valence-electron chi connectivity index (χ2n) is 7.37. The molecule has 1 aliphatic heterocycles. The number of hydrogen-bond donors (Lipinski definition) is 1. The monoisotopic (exact) mass is 348 g/mol. The second kappa shape index (κ2) is 6.94. The average Bonchev–Trinajstić information content (AvgIpc) is 3.48. The number of benzene rings is 2. The first-order chi connectivity index (χ1) is 12.6. The number of amides is 2. The van der Waals surface area contributed by atoms with Gasteiger partial charge in [-0.3, -0.25) is 9.59 Å². The van der Waals surface area contributed by atoms with Crippen LogP contribution in [0.4, 0.5) is 0 Å². The molecule has 0 spiro atoms. The van der Waals surface area contributed by atoms with Crippen LogP contribution in [0.2, 0.25) is 0 Å². The average molecular weight is 348 g/mol. The number of fused-ring (bicyclic) bond motifs is 1. The van der Waals surface area contributed by atoms with Gasteiger partial charge in [-0.05, 0) is 36.5 Å². The van der Waals surface area contributed by atoms with Gasteiger partial charge in [0.2, 0.25) is 11.8 Å². The van der Waals surface area contributed by atoms with Gasteiger partial charge >= 0.3 is 0 Å². The fraction of sp³-hybridized carbons (Fsp3) is 0.364. The smallest absolute Gasteiger partial charge is 0.226 e. The summed E-state index contributed by atoms with van der Waals surface area (Å²) in [6, 6.07) is 18.2. The van der Waals surface area contributed by atoms with E-state index in [9.17, 15) is 9.59 Å². The van der Waals surface area contributed by atoms with Crippen molar-refractivity contribution in [3.8, 4) is 0 Å². The molecule has 3 atom stereocenters. The van der Waals surface area contributed by atoms with Crippen molar-refractivity contribution in [1.82, 2.24) is 10.2 Å². The van der Waals surface area contributed by atoms with E-state index in [-0.39, 0.29) is 29.7 Å². The Balaban J connectivity index is 1.33. The highest BCUT2D eigenvalue weighted by Gasteiger charge is 2.49. The van der Waals surface area contributed by atoms with Gasteiger partial charge in [0, 0.05) is 13.1 Å². The minimum Gasteiger partial charge on any atom is -0.349 e. The first kappa shape index (κ1) is 16.8. The molecule has 0 aromatic heterocycles. The molecule has 2 aliphatic rings. The van der Waals surface area contributed by atoms with Crippen molar-refractivity contribution in [3.05, 3.63) is 71.3 Å². The zero-order valence-corrected chi connectivity index (χ0v) is 15.0. The highest BCUT2D eigenvalue weighted by atomic mass is 16.2. The molecule has 26 heavy (non-hydrogen) atoms. The Morgan fingerprint density at radius 1 is 1.00 bits per heavy atom. The first-order valence-corrected chi connectivity index (χ1v) is 9.34. The Morgan fingerprint density at radius 2 is 1.69 bits per heavy atom. The van der Waals surface area contributed by atoms with Gasteiger partial charge in [-0.2, -0.15) is 0 Å². The van der Waals surface area contributed by atoms with E-state index in [1.807, 2.05) is 54.3 Å². The molecule has 4 heteroatoms. The molecule has 3 unspecified atom stereocenters. The maximum Gasteiger partial charge on any atom is 0.226 e. The van der Waals surface area contributed by atoms with Gasteiger partial charge in [-0.1, -0.05) is 54.6 Å². The van der Waals surface area contributed by atoms with Crippen LogP contribution in [0.5, 0.6) is 0 Å². The van der Waals surface area contributed by atoms with E-state index in [0.717, 1.165) is 18.5 Å². The number of carbonyl (C=O) groups is 2. The molecule has 0 radical (unpaired) electrons. The van der Waals surface area contributed by atoms with Gasteiger partial charge in [-0.15, -0.1) is 0 Å². The van der Waals surface area contributed by atoms with E-state index in [1.54, 1.807) is 0 Å². The van der Waals surface area contributed by atoms with Crippen molar-refractivity contribution in [2.24, 2.45) is 11.8 Å². The van der Waals surface area contributed by atoms with E-state index < -0.39 is 0 Å². The largest absolute Gasteiger partial charge is 0.349 e. The molecule has 2 amide bonds. The number of carbonyl (C=O) groups excluding carboxylic acids is 2. The van der Waals surface area contributed by atoms with Crippen LogP contribution in [0.1, 0.15) is 36.1 Å². The summed E-state index contributed by atoms with van der Waals surface area (Å²) in [6.45, 7) is 3.40. The van der Waals surface area contributed by atoms with Crippen molar-refractivity contribution >= 4 is 11.8 Å². The van der Waals surface area contributed by atoms with E-state index in [0.29, 0.717) is 13.0 Å². The quantitative estimate of drug-likeness (QED) is 0.923. The first-order valence-electron chi connectivity index (χ1n) is 9.34. The molecule has 4 rings (SSSR count). The Bertz CT molecular complexity index is 818. The maximum atomic E-state index is 12.8. The molecule has 1 aliphatic carbocycles. The predicted molar refractivity (Wildman–Crippen MR) is 100 cm³/mol. The van der Waals surface area contributed by atoms with Gasteiger partial charge in [-0.25, -0.2) is 0 Å². The fourth-order valence-corrected chi connectivity index (χ4v) is 3.82. The lowest BCUT2D eigenvalue weighted by Crippen LogP contribution is -2.38. The third kappa shape index (κ3) is 3.36. The zero-order chi connectivity index (χ0) is 18.1. The highest BCUT2D eigenvalue weighted by Crippen LogP contribution is 2.41. The molecule has 0 saturated heterocycles. The third-order valence-corrected chi connectivity index (χ3v) is 5.55. The number of rotatable bonds is 4. The predicted octanol–water partition coefficient (Wildman–Crippen LogP) is 3.08. The van der Waals surface area contributed by atoms with Gasteiger partial charge < -0.3 is 10.2 Å². The minimum atomic E-state index is -0.175. The van der Waals surface area contributed by atoms with Crippen molar-refractivity contribution in [1.29, 1.82) is 0 Å². The van der Waals surface area contributed by atoms with Crippen molar-refractivity contribution in [3.63, 3.8) is 0 Å². The van der Waals surface area contributed by atoms with Crippen LogP contribution >= 0.6 is 0 Å². The van der Waals surface area contributed by atoms with Crippen LogP contribution in [-0.2, 0) is 22.6 Å². The molecule has 1 heterocycles. The summed E-state index contributed by atoms with van der Waals surface area (Å²) in [6.07, 6.45) is 1.57. The van der Waals surface area contributed by atoms with Gasteiger partial charge in [0.25, 0.3) is 0 Å². The number of nitrogens with one attached hydrogen (secondary N) is 1. The Morgan fingerprint density at radius 3 is 2.46 bits per heavy atom. The van der Waals surface area contributed by atoms with Crippen LogP contribution < -0.4 is 5.32 Å². The molecule has 0 bridgehead atoms. The van der Waals surface area contributed by atoms with Crippen LogP contribution in [0.15, 0.2) is 54.6 Å². The molecular formula is C22H24N2O2. The Labute approximate surface area is 154 Å². The molecule has 2 aromatic rings. The molecule has 1 N–H and O–H groups in total. The van der Waals surface area contributed by atoms with Crippen molar-refractivity contribution < 1.29 is 9.59 Å². The van der Waals surface area contributed by atoms with Gasteiger partial charge in [0.1, 0.15) is 0 Å². The summed E-state index contributed by atoms with van der Waals surface area (Å²) in [5.74, 6) is -0.196. The van der Waals surface area contributed by atoms with Crippen LogP contribution in [-0.4, -0.2) is 23.3 Å². The summed E-state index contributed by atoms with van der Waals surface area (Å²) in [7, 11) is 0. The molecule has 134 valence electrons. The SMILES string of the molecule is CC(NC(=O)C1CC1C(=O)N1CCc2ccccc2C1)c1ccccc1. The minimum absolute atomic E-state index is 0.00267. The summed E-state index contributed by atoms with van der Waals surface area (Å²) < 4.78 is 0. The highest BCUT2D eigenvalue weighted by molar-refractivity contribution is 5.92. The number of hydrogen-bond acceptors (Lipinski definition) is 2. The Kier molecular flexibility index (Phi) is 4.49. The van der Waals surface area contributed by atoms with E-state index in [1.165, 1.54) is 11.1 Å². The lowest BCUT2D eigenvalue weighted by atomic mass is 9.99. The van der Waals surface area contributed by atoms with E-state index >= 15 is 0 Å². The van der Waals surface area contributed by atoms with Crippen LogP contribution in [0.3, 0.4) is 0 Å². The summed E-state index contributed by atoms with van der Waals surface area (Å²) in [5.41, 5.74) is 3.64. The standard InChI is InChI=1S/C22H24N2O2/c1-15(16-7-3-2-4-8-16)23-21(25)19-13-20(19)22(26)24-12-11-17-9-5-6-10-18(17)14-24/h2-10,15,19-20H,11-14H2,1H3,(H,23,25). The fourth-order valence-electron chi connectivity index (χ4n) is 3.82. The number of nitrogens with zero attached hydrogens (tertiary/aromatic N) is 1. The molecule has 1 fully saturated rings. The summed E-state index contributed by atoms with van der Waals surface area (Å²) in [5, 5.41) is 3.05. The zero-order valence-electron chi connectivity index (χ0n) is 15.0. The van der Waals surface area contributed by atoms with Crippen LogP contribution in [0, 0.1) is 11.8 Å². The second-order valence-corrected chi connectivity index (χ2v) is 7.37. The molecule has 1 saturated carbocycles. The van der Waals surface area contributed by atoms with Crippen molar-refractivity contribution in [2.45, 2.75) is 32.4 Å². The van der Waals surface area contributed by atoms with Crippen molar-refractivity contribution in [2.75, 3.05) is 6.54 Å². The molecular weight excluding hydrogens is 324 g/mol. The normalized spacial score (nSPS) is 22.3. The van der Waals surface area contributed by atoms with Gasteiger partial charge in [0.05, 0.1) is 17.9 Å². The summed E-state index contributed by atoms with van der Waals surface area (Å²) in [4.78, 5) is 27.2.